The maximum Gasteiger partial charge on any atom is 0.328 e. The predicted octanol–water partition coefficient (Wildman–Crippen LogP) is 0.602. The summed E-state index contributed by atoms with van der Waals surface area (Å²) in [6, 6.07) is -1.31. The normalized spacial score (nSPS) is 14.4. The summed E-state index contributed by atoms with van der Waals surface area (Å²) in [5.41, 5.74) is 4.80. The summed E-state index contributed by atoms with van der Waals surface area (Å²) in [6.45, 7) is 8.42. The summed E-state index contributed by atoms with van der Waals surface area (Å²) in [6.07, 6.45) is 0. The molecule has 6 heteroatoms. The second-order valence-corrected chi connectivity index (χ2v) is 4.55. The Bertz CT molecular complexity index is 249. The van der Waals surface area contributed by atoms with Crippen molar-refractivity contribution in [2.45, 2.75) is 52.3 Å². The van der Waals surface area contributed by atoms with Crippen LogP contribution in [-0.4, -0.2) is 29.6 Å². The highest BCUT2D eigenvalue weighted by atomic mass is 35.5. The number of hydrogen-bond acceptors (Lipinski definition) is 4. The number of ether oxygens (including phenoxy) is 1. The van der Waals surface area contributed by atoms with Crippen LogP contribution in [0.2, 0.25) is 0 Å². The molecular formula is C10H21ClN2O3. The SMILES string of the molecule is C[C@@H](N)C(=O)N[C@H](C)C(=O)OC(C)(C)C.Cl. The summed E-state index contributed by atoms with van der Waals surface area (Å²) in [5.74, 6) is -0.829. The summed E-state index contributed by atoms with van der Waals surface area (Å²) in [5, 5.41) is 2.46. The molecule has 0 saturated heterocycles. The second kappa shape index (κ2) is 6.70. The lowest BCUT2D eigenvalue weighted by molar-refractivity contribution is -0.158. The van der Waals surface area contributed by atoms with Crippen molar-refractivity contribution in [3.63, 3.8) is 0 Å². The third-order valence-corrected chi connectivity index (χ3v) is 1.53. The van der Waals surface area contributed by atoms with Crippen LogP contribution in [0.3, 0.4) is 0 Å². The zero-order chi connectivity index (χ0) is 12.2. The summed E-state index contributed by atoms with van der Waals surface area (Å²) in [7, 11) is 0. The molecule has 3 N–H and O–H groups in total. The van der Waals surface area contributed by atoms with Gasteiger partial charge in [-0.15, -0.1) is 12.4 Å². The number of rotatable bonds is 3. The molecule has 96 valence electrons. The van der Waals surface area contributed by atoms with Crippen molar-refractivity contribution in [3.8, 4) is 0 Å². The first-order valence-corrected chi connectivity index (χ1v) is 4.92. The van der Waals surface area contributed by atoms with Crippen molar-refractivity contribution >= 4 is 24.3 Å². The summed E-state index contributed by atoms with van der Waals surface area (Å²) in [4.78, 5) is 22.6. The number of amides is 1. The van der Waals surface area contributed by atoms with Gasteiger partial charge in [0.1, 0.15) is 11.6 Å². The van der Waals surface area contributed by atoms with E-state index in [1.54, 1.807) is 34.6 Å². The Morgan fingerprint density at radius 1 is 1.25 bits per heavy atom. The molecule has 0 bridgehead atoms. The van der Waals surface area contributed by atoms with Gasteiger partial charge in [-0.25, -0.2) is 4.79 Å². The van der Waals surface area contributed by atoms with E-state index in [1.807, 2.05) is 0 Å². The Morgan fingerprint density at radius 2 is 1.69 bits per heavy atom. The van der Waals surface area contributed by atoms with Gasteiger partial charge in [-0.3, -0.25) is 4.79 Å². The molecule has 0 heterocycles. The van der Waals surface area contributed by atoms with E-state index >= 15 is 0 Å². The van der Waals surface area contributed by atoms with Gasteiger partial charge in [0.05, 0.1) is 6.04 Å². The van der Waals surface area contributed by atoms with Crippen LogP contribution < -0.4 is 11.1 Å². The lowest BCUT2D eigenvalue weighted by Crippen LogP contribution is -2.47. The van der Waals surface area contributed by atoms with Crippen molar-refractivity contribution in [1.29, 1.82) is 0 Å². The minimum Gasteiger partial charge on any atom is -0.458 e. The maximum atomic E-state index is 11.4. The van der Waals surface area contributed by atoms with E-state index < -0.39 is 23.7 Å². The molecular weight excluding hydrogens is 232 g/mol. The van der Waals surface area contributed by atoms with Gasteiger partial charge < -0.3 is 15.8 Å². The molecule has 0 aromatic heterocycles. The highest BCUT2D eigenvalue weighted by Crippen LogP contribution is 2.08. The third-order valence-electron chi connectivity index (χ3n) is 1.53. The van der Waals surface area contributed by atoms with Gasteiger partial charge in [0.15, 0.2) is 0 Å². The Hall–Kier alpha value is -0.810. The first-order valence-electron chi connectivity index (χ1n) is 4.92. The van der Waals surface area contributed by atoms with Crippen LogP contribution in [-0.2, 0) is 14.3 Å². The molecule has 2 atom stereocenters. The fraction of sp³-hybridized carbons (Fsp3) is 0.800. The molecule has 0 aliphatic carbocycles. The average Bonchev–Trinajstić information content (AvgIpc) is 2.00. The smallest absolute Gasteiger partial charge is 0.328 e. The quantitative estimate of drug-likeness (QED) is 0.721. The number of carbonyl (C=O) groups excluding carboxylic acids is 2. The van der Waals surface area contributed by atoms with Crippen LogP contribution in [0.25, 0.3) is 0 Å². The maximum absolute atomic E-state index is 11.4. The van der Waals surface area contributed by atoms with Gasteiger partial charge in [0, 0.05) is 0 Å². The lowest BCUT2D eigenvalue weighted by Gasteiger charge is -2.23. The number of nitrogens with one attached hydrogen (secondary N) is 1. The van der Waals surface area contributed by atoms with E-state index in [1.165, 1.54) is 0 Å². The van der Waals surface area contributed by atoms with Gasteiger partial charge >= 0.3 is 5.97 Å². The van der Waals surface area contributed by atoms with E-state index in [0.717, 1.165) is 0 Å². The van der Waals surface area contributed by atoms with Crippen molar-refractivity contribution in [3.05, 3.63) is 0 Å². The minimum absolute atomic E-state index is 0. The zero-order valence-corrected chi connectivity index (χ0v) is 11.2. The molecule has 0 radical (unpaired) electrons. The second-order valence-electron chi connectivity index (χ2n) is 4.55. The lowest BCUT2D eigenvalue weighted by atomic mass is 10.2. The number of esters is 1. The van der Waals surface area contributed by atoms with Gasteiger partial charge in [-0.1, -0.05) is 0 Å². The highest BCUT2D eigenvalue weighted by Gasteiger charge is 2.23. The first kappa shape index (κ1) is 17.6. The van der Waals surface area contributed by atoms with Crippen LogP contribution in [0, 0.1) is 0 Å². The fourth-order valence-corrected chi connectivity index (χ4v) is 0.794. The molecule has 0 aliphatic heterocycles. The van der Waals surface area contributed by atoms with E-state index in [-0.39, 0.29) is 18.3 Å². The molecule has 0 aromatic carbocycles. The predicted molar refractivity (Wildman–Crippen MR) is 64.3 cm³/mol. The van der Waals surface area contributed by atoms with E-state index in [2.05, 4.69) is 5.32 Å². The van der Waals surface area contributed by atoms with Crippen molar-refractivity contribution in [2.75, 3.05) is 0 Å². The number of nitrogens with two attached hydrogens (primary N) is 1. The first-order chi connectivity index (χ1) is 6.63. The van der Waals surface area contributed by atoms with Crippen LogP contribution in [0.15, 0.2) is 0 Å². The summed E-state index contributed by atoms with van der Waals surface area (Å²) < 4.78 is 5.09. The molecule has 5 nitrogen and oxygen atoms in total. The van der Waals surface area contributed by atoms with Crippen molar-refractivity contribution in [2.24, 2.45) is 5.73 Å². The van der Waals surface area contributed by atoms with Crippen molar-refractivity contribution < 1.29 is 14.3 Å². The third kappa shape index (κ3) is 7.48. The van der Waals surface area contributed by atoms with Gasteiger partial charge in [0.2, 0.25) is 5.91 Å². The van der Waals surface area contributed by atoms with E-state index in [9.17, 15) is 9.59 Å². The molecule has 0 fully saturated rings. The standard InChI is InChI=1S/C10H20N2O3.ClH/c1-6(11)8(13)12-7(2)9(14)15-10(3,4)5;/h6-7H,11H2,1-5H3,(H,12,13);1H/t6-,7-;/m1./s1. The monoisotopic (exact) mass is 252 g/mol. The molecule has 0 aromatic rings. The van der Waals surface area contributed by atoms with Gasteiger partial charge in [0.25, 0.3) is 0 Å². The fourth-order valence-electron chi connectivity index (χ4n) is 0.794. The Kier molecular flexibility index (Phi) is 7.37. The number of carbonyl (C=O) groups is 2. The molecule has 0 rings (SSSR count). The van der Waals surface area contributed by atoms with Crippen molar-refractivity contribution in [1.82, 2.24) is 5.32 Å². The van der Waals surface area contributed by atoms with Crippen LogP contribution in [0.4, 0.5) is 0 Å². The molecule has 16 heavy (non-hydrogen) atoms. The highest BCUT2D eigenvalue weighted by molar-refractivity contribution is 5.87. The van der Waals surface area contributed by atoms with Crippen LogP contribution in [0.5, 0.6) is 0 Å². The van der Waals surface area contributed by atoms with E-state index in [0.29, 0.717) is 0 Å². The number of hydrogen-bond donors (Lipinski definition) is 2. The molecule has 0 aliphatic rings. The Labute approximate surface area is 103 Å². The Morgan fingerprint density at radius 3 is 2.00 bits per heavy atom. The van der Waals surface area contributed by atoms with E-state index in [4.69, 9.17) is 10.5 Å². The molecule has 0 saturated carbocycles. The van der Waals surface area contributed by atoms with Gasteiger partial charge in [-0.2, -0.15) is 0 Å². The minimum atomic E-state index is -0.678. The van der Waals surface area contributed by atoms with Crippen LogP contribution >= 0.6 is 12.4 Å². The molecule has 0 spiro atoms. The average molecular weight is 253 g/mol. The largest absolute Gasteiger partial charge is 0.458 e. The van der Waals surface area contributed by atoms with Gasteiger partial charge in [-0.05, 0) is 34.6 Å². The topological polar surface area (TPSA) is 81.4 Å². The molecule has 1 amide bonds. The van der Waals surface area contributed by atoms with Crippen LogP contribution in [0.1, 0.15) is 34.6 Å². The zero-order valence-electron chi connectivity index (χ0n) is 10.4. The Balaban J connectivity index is 0. The molecule has 0 unspecified atom stereocenters. The number of halogens is 1. The summed E-state index contributed by atoms with van der Waals surface area (Å²) >= 11 is 0.